The molecule has 0 saturated carbocycles. The standard InChI is InChI=1S/C18H19F2N/c1-21-18(11-15-16(19)7-4-8-17(15)20)14-9-12-5-2-3-6-13(12)10-14/h2-8,14,18,21H,9-11H2,1H3. The second-order valence-corrected chi connectivity index (χ2v) is 5.74. The van der Waals surface area contributed by atoms with E-state index in [4.69, 9.17) is 0 Å². The topological polar surface area (TPSA) is 12.0 Å². The molecular formula is C18H19F2N. The Hall–Kier alpha value is -1.74. The summed E-state index contributed by atoms with van der Waals surface area (Å²) in [4.78, 5) is 0. The third-order valence-electron chi connectivity index (χ3n) is 4.51. The molecule has 3 rings (SSSR count). The van der Waals surface area contributed by atoms with Gasteiger partial charge in [-0.1, -0.05) is 30.3 Å². The van der Waals surface area contributed by atoms with E-state index in [2.05, 4.69) is 17.4 Å². The van der Waals surface area contributed by atoms with Crippen LogP contribution in [-0.2, 0) is 19.3 Å². The largest absolute Gasteiger partial charge is 0.316 e. The summed E-state index contributed by atoms with van der Waals surface area (Å²) < 4.78 is 27.7. The van der Waals surface area contributed by atoms with Gasteiger partial charge in [-0.3, -0.25) is 0 Å². The van der Waals surface area contributed by atoms with E-state index in [0.29, 0.717) is 12.3 Å². The van der Waals surface area contributed by atoms with Gasteiger partial charge in [0.15, 0.2) is 0 Å². The summed E-state index contributed by atoms with van der Waals surface area (Å²) in [6, 6.07) is 12.5. The van der Waals surface area contributed by atoms with Crippen LogP contribution in [-0.4, -0.2) is 13.1 Å². The summed E-state index contributed by atoms with van der Waals surface area (Å²) in [7, 11) is 1.87. The fourth-order valence-corrected chi connectivity index (χ4v) is 3.33. The van der Waals surface area contributed by atoms with Gasteiger partial charge in [-0.2, -0.15) is 0 Å². The van der Waals surface area contributed by atoms with Gasteiger partial charge < -0.3 is 5.32 Å². The molecule has 1 unspecified atom stereocenters. The molecule has 0 amide bonds. The molecule has 0 fully saturated rings. The van der Waals surface area contributed by atoms with E-state index in [1.54, 1.807) is 0 Å². The first-order chi connectivity index (χ1) is 10.2. The summed E-state index contributed by atoms with van der Waals surface area (Å²) >= 11 is 0. The minimum absolute atomic E-state index is 0.0730. The van der Waals surface area contributed by atoms with Gasteiger partial charge in [0.1, 0.15) is 11.6 Å². The summed E-state index contributed by atoms with van der Waals surface area (Å²) in [6.07, 6.45) is 2.32. The highest BCUT2D eigenvalue weighted by Gasteiger charge is 2.28. The van der Waals surface area contributed by atoms with Crippen LogP contribution >= 0.6 is 0 Å². The van der Waals surface area contributed by atoms with Crippen molar-refractivity contribution >= 4 is 0 Å². The van der Waals surface area contributed by atoms with Crippen LogP contribution in [0.2, 0.25) is 0 Å². The van der Waals surface area contributed by atoms with E-state index in [-0.39, 0.29) is 11.6 Å². The molecule has 0 spiro atoms. The lowest BCUT2D eigenvalue weighted by Crippen LogP contribution is -2.36. The third-order valence-corrected chi connectivity index (χ3v) is 4.51. The molecule has 0 bridgehead atoms. The third kappa shape index (κ3) is 2.84. The Morgan fingerprint density at radius 3 is 2.10 bits per heavy atom. The molecule has 1 atom stereocenters. The van der Waals surface area contributed by atoms with E-state index >= 15 is 0 Å². The van der Waals surface area contributed by atoms with Crippen LogP contribution in [0.5, 0.6) is 0 Å². The summed E-state index contributed by atoms with van der Waals surface area (Å²) in [5.41, 5.74) is 2.90. The Morgan fingerprint density at radius 2 is 1.57 bits per heavy atom. The highest BCUT2D eigenvalue weighted by Crippen LogP contribution is 2.30. The fraction of sp³-hybridized carbons (Fsp3) is 0.333. The lowest BCUT2D eigenvalue weighted by atomic mass is 9.91. The molecular weight excluding hydrogens is 268 g/mol. The first-order valence-corrected chi connectivity index (χ1v) is 7.36. The lowest BCUT2D eigenvalue weighted by molar-refractivity contribution is 0.373. The Labute approximate surface area is 124 Å². The molecule has 21 heavy (non-hydrogen) atoms. The predicted molar refractivity (Wildman–Crippen MR) is 80.2 cm³/mol. The van der Waals surface area contributed by atoms with Crippen molar-refractivity contribution in [3.8, 4) is 0 Å². The van der Waals surface area contributed by atoms with Gasteiger partial charge in [0.05, 0.1) is 0 Å². The van der Waals surface area contributed by atoms with E-state index in [0.717, 1.165) is 12.8 Å². The molecule has 1 N–H and O–H groups in total. The number of rotatable bonds is 4. The van der Waals surface area contributed by atoms with Crippen LogP contribution < -0.4 is 5.32 Å². The summed E-state index contributed by atoms with van der Waals surface area (Å²) in [5, 5.41) is 3.25. The number of halogens is 2. The van der Waals surface area contributed by atoms with Crippen LogP contribution in [0.3, 0.4) is 0 Å². The van der Waals surface area contributed by atoms with Crippen LogP contribution in [0.25, 0.3) is 0 Å². The SMILES string of the molecule is CNC(Cc1c(F)cccc1F)C1Cc2ccccc2C1. The highest BCUT2D eigenvalue weighted by atomic mass is 19.1. The van der Waals surface area contributed by atoms with Gasteiger partial charge in [0.25, 0.3) is 0 Å². The van der Waals surface area contributed by atoms with Crippen molar-refractivity contribution in [2.75, 3.05) is 7.05 Å². The Bertz CT molecular complexity index is 594. The molecule has 0 aromatic heterocycles. The number of hydrogen-bond acceptors (Lipinski definition) is 1. The summed E-state index contributed by atoms with van der Waals surface area (Å²) in [6.45, 7) is 0. The average Bonchev–Trinajstić information content (AvgIpc) is 2.90. The van der Waals surface area contributed by atoms with E-state index < -0.39 is 11.6 Å². The summed E-state index contributed by atoms with van der Waals surface area (Å²) in [5.74, 6) is -0.525. The molecule has 3 heteroatoms. The number of nitrogens with one attached hydrogen (secondary N) is 1. The quantitative estimate of drug-likeness (QED) is 0.907. The van der Waals surface area contributed by atoms with Crippen molar-refractivity contribution in [1.29, 1.82) is 0 Å². The molecule has 1 nitrogen and oxygen atoms in total. The maximum Gasteiger partial charge on any atom is 0.129 e. The van der Waals surface area contributed by atoms with Gasteiger partial charge in [0, 0.05) is 11.6 Å². The zero-order valence-electron chi connectivity index (χ0n) is 12.1. The van der Waals surface area contributed by atoms with Gasteiger partial charge in [-0.25, -0.2) is 8.78 Å². The Balaban J connectivity index is 1.78. The Morgan fingerprint density at radius 1 is 1.00 bits per heavy atom. The van der Waals surface area contributed by atoms with E-state index in [1.165, 1.54) is 29.3 Å². The van der Waals surface area contributed by atoms with Crippen molar-refractivity contribution in [2.24, 2.45) is 5.92 Å². The molecule has 0 saturated heterocycles. The van der Waals surface area contributed by atoms with Crippen LogP contribution in [0, 0.1) is 17.6 Å². The predicted octanol–water partition coefficient (Wildman–Crippen LogP) is 3.51. The van der Waals surface area contributed by atoms with Crippen molar-refractivity contribution in [3.05, 3.63) is 70.8 Å². The van der Waals surface area contributed by atoms with Gasteiger partial charge in [-0.15, -0.1) is 0 Å². The highest BCUT2D eigenvalue weighted by molar-refractivity contribution is 5.33. The Kier molecular flexibility index (Phi) is 4.02. The average molecular weight is 287 g/mol. The monoisotopic (exact) mass is 287 g/mol. The van der Waals surface area contributed by atoms with Gasteiger partial charge in [-0.05, 0) is 55.5 Å². The first-order valence-electron chi connectivity index (χ1n) is 7.36. The van der Waals surface area contributed by atoms with Crippen LogP contribution in [0.1, 0.15) is 16.7 Å². The molecule has 0 aliphatic heterocycles. The molecule has 1 aliphatic rings. The van der Waals surface area contributed by atoms with Crippen molar-refractivity contribution < 1.29 is 8.78 Å². The maximum atomic E-state index is 13.8. The fourth-order valence-electron chi connectivity index (χ4n) is 3.33. The minimum Gasteiger partial charge on any atom is -0.316 e. The normalized spacial score (nSPS) is 16.0. The molecule has 110 valence electrons. The molecule has 1 aliphatic carbocycles. The number of benzene rings is 2. The minimum atomic E-state index is -0.453. The van der Waals surface area contributed by atoms with E-state index in [1.807, 2.05) is 19.2 Å². The molecule has 0 heterocycles. The van der Waals surface area contributed by atoms with Crippen LogP contribution in [0.15, 0.2) is 42.5 Å². The van der Waals surface area contributed by atoms with E-state index in [9.17, 15) is 8.78 Å². The maximum absolute atomic E-state index is 13.8. The van der Waals surface area contributed by atoms with Crippen molar-refractivity contribution in [1.82, 2.24) is 5.32 Å². The van der Waals surface area contributed by atoms with Gasteiger partial charge >= 0.3 is 0 Å². The lowest BCUT2D eigenvalue weighted by Gasteiger charge is -2.23. The second kappa shape index (κ2) is 5.94. The van der Waals surface area contributed by atoms with Crippen LogP contribution in [0.4, 0.5) is 8.78 Å². The number of hydrogen-bond donors (Lipinski definition) is 1. The van der Waals surface area contributed by atoms with Gasteiger partial charge in [0.2, 0.25) is 0 Å². The van der Waals surface area contributed by atoms with Crippen molar-refractivity contribution in [3.63, 3.8) is 0 Å². The molecule has 0 radical (unpaired) electrons. The molecule has 2 aromatic carbocycles. The van der Waals surface area contributed by atoms with Crippen molar-refractivity contribution in [2.45, 2.75) is 25.3 Å². The smallest absolute Gasteiger partial charge is 0.129 e. The zero-order chi connectivity index (χ0) is 14.8. The molecule has 2 aromatic rings. The second-order valence-electron chi connectivity index (χ2n) is 5.74. The number of likely N-dealkylation sites (N-methyl/N-ethyl adjacent to an activating group) is 1. The zero-order valence-corrected chi connectivity index (χ0v) is 12.1. The number of fused-ring (bicyclic) bond motifs is 1. The first kappa shape index (κ1) is 14.2.